The zero-order chi connectivity index (χ0) is 23.8. The van der Waals surface area contributed by atoms with E-state index in [0.29, 0.717) is 11.2 Å². The van der Waals surface area contributed by atoms with Crippen LogP contribution in [0.15, 0.2) is 6.20 Å². The van der Waals surface area contributed by atoms with Gasteiger partial charge in [0.15, 0.2) is 23.5 Å². The van der Waals surface area contributed by atoms with Crippen LogP contribution in [0.1, 0.15) is 37.7 Å². The fourth-order valence-electron chi connectivity index (χ4n) is 4.13. The van der Waals surface area contributed by atoms with Crippen LogP contribution in [0, 0.1) is 0 Å². The number of hydrogen-bond donors (Lipinski definition) is 7. The van der Waals surface area contributed by atoms with Gasteiger partial charge in [0.1, 0.15) is 30.7 Å². The van der Waals surface area contributed by atoms with Gasteiger partial charge in [0.2, 0.25) is 0 Å². The van der Waals surface area contributed by atoms with Gasteiger partial charge in [-0.05, 0) is 12.8 Å². The molecule has 184 valence electrons. The maximum absolute atomic E-state index is 11.3. The molecule has 0 aromatic carbocycles. The fraction of sp³-hybridized carbons (Fsp3) is 0.722. The molecular weight excluding hydrogens is 461 g/mol. The first-order chi connectivity index (χ1) is 15.7. The lowest BCUT2D eigenvalue weighted by Crippen LogP contribution is -2.35. The number of anilines is 1. The molecule has 2 aromatic rings. The predicted octanol–water partition coefficient (Wildman–Crippen LogP) is -1.20. The molecule has 1 aliphatic heterocycles. The maximum Gasteiger partial charge on any atom is 0.356 e. The van der Waals surface area contributed by atoms with Gasteiger partial charge in [-0.1, -0.05) is 12.8 Å². The summed E-state index contributed by atoms with van der Waals surface area (Å²) >= 11 is 0. The monoisotopic (exact) mass is 489 g/mol. The minimum atomic E-state index is -4.73. The quantitative estimate of drug-likeness (QED) is 0.207. The molecule has 4 rings (SSSR count). The molecule has 3 heterocycles. The van der Waals surface area contributed by atoms with Gasteiger partial charge in [0.05, 0.1) is 24.8 Å². The van der Waals surface area contributed by atoms with Crippen molar-refractivity contribution in [3.05, 3.63) is 12.0 Å². The molecule has 1 unspecified atom stereocenters. The van der Waals surface area contributed by atoms with Gasteiger partial charge >= 0.3 is 7.60 Å². The average molecular weight is 489 g/mol. The number of ether oxygens (including phenoxy) is 2. The average Bonchev–Trinajstić information content (AvgIpc) is 3.49. The van der Waals surface area contributed by atoms with Crippen LogP contribution in [0.3, 0.4) is 0 Å². The van der Waals surface area contributed by atoms with Gasteiger partial charge in [0, 0.05) is 6.04 Å². The topological polar surface area (TPSA) is 213 Å². The number of rotatable bonds is 9. The van der Waals surface area contributed by atoms with E-state index in [-0.39, 0.29) is 17.5 Å². The second kappa shape index (κ2) is 9.86. The molecule has 2 aromatic heterocycles. The molecule has 33 heavy (non-hydrogen) atoms. The van der Waals surface area contributed by atoms with Gasteiger partial charge < -0.3 is 45.0 Å². The minimum absolute atomic E-state index is 0.144. The largest absolute Gasteiger partial charge is 0.393 e. The highest BCUT2D eigenvalue weighted by Crippen LogP contribution is 2.42. The summed E-state index contributed by atoms with van der Waals surface area (Å²) in [7, 11) is -4.73. The van der Waals surface area contributed by atoms with Crippen molar-refractivity contribution < 1.29 is 44.3 Å². The summed E-state index contributed by atoms with van der Waals surface area (Å²) in [6, 6.07) is 0.239. The van der Waals surface area contributed by atoms with E-state index in [0.717, 1.165) is 25.7 Å². The number of nitrogens with one attached hydrogen (secondary N) is 1. The summed E-state index contributed by atoms with van der Waals surface area (Å²) in [4.78, 5) is 27.0. The van der Waals surface area contributed by atoms with E-state index in [4.69, 9.17) is 14.6 Å². The Balaban J connectivity index is 1.57. The van der Waals surface area contributed by atoms with Crippen molar-refractivity contribution in [1.82, 2.24) is 19.7 Å². The van der Waals surface area contributed by atoms with Crippen molar-refractivity contribution in [3.8, 4) is 0 Å². The van der Waals surface area contributed by atoms with Crippen molar-refractivity contribution in [3.63, 3.8) is 0 Å². The smallest absolute Gasteiger partial charge is 0.356 e. The van der Waals surface area contributed by atoms with E-state index < -0.39 is 57.8 Å². The number of fused-ring (bicyclic) bond motifs is 1. The van der Waals surface area contributed by atoms with Crippen molar-refractivity contribution in [1.29, 1.82) is 0 Å². The molecule has 2 aliphatic rings. The maximum atomic E-state index is 11.3. The highest BCUT2D eigenvalue weighted by atomic mass is 31.2. The number of aliphatic hydroxyl groups is 4. The number of aliphatic hydroxyl groups excluding tert-OH is 4. The Morgan fingerprint density at radius 1 is 1.21 bits per heavy atom. The first kappa shape index (κ1) is 24.4. The third kappa shape index (κ3) is 5.04. The van der Waals surface area contributed by atoms with Crippen LogP contribution in [-0.4, -0.2) is 93.4 Å². The van der Waals surface area contributed by atoms with Gasteiger partial charge in [-0.3, -0.25) is 4.57 Å². The van der Waals surface area contributed by atoms with E-state index in [1.165, 1.54) is 10.9 Å². The number of aromatic nitrogens is 4. The van der Waals surface area contributed by atoms with Crippen molar-refractivity contribution >= 4 is 24.4 Å². The first-order valence-electron chi connectivity index (χ1n) is 10.6. The van der Waals surface area contributed by atoms with E-state index in [1.54, 1.807) is 0 Å². The Labute approximate surface area is 188 Å². The van der Waals surface area contributed by atoms with Crippen LogP contribution >= 0.6 is 7.60 Å². The molecule has 0 bridgehead atoms. The van der Waals surface area contributed by atoms with Crippen LogP contribution in [0.5, 0.6) is 0 Å². The summed E-state index contributed by atoms with van der Waals surface area (Å²) in [6.45, 7) is -1.84. The van der Waals surface area contributed by atoms with Gasteiger partial charge in [-0.25, -0.2) is 14.6 Å². The Morgan fingerprint density at radius 3 is 2.58 bits per heavy atom. The van der Waals surface area contributed by atoms with Gasteiger partial charge in [-0.15, -0.1) is 0 Å². The first-order valence-corrected chi connectivity index (χ1v) is 12.3. The lowest BCUT2D eigenvalue weighted by molar-refractivity contribution is -0.0807. The molecule has 14 nitrogen and oxygen atoms in total. The highest BCUT2D eigenvalue weighted by molar-refractivity contribution is 7.52. The Hall–Kier alpha value is -1.74. The lowest BCUT2D eigenvalue weighted by atomic mass is 10.1. The summed E-state index contributed by atoms with van der Waals surface area (Å²) < 4.78 is 23.3. The van der Waals surface area contributed by atoms with E-state index in [2.05, 4.69) is 20.4 Å². The molecular formula is C18H28N5O9P. The zero-order valence-corrected chi connectivity index (χ0v) is 18.5. The van der Waals surface area contributed by atoms with Crippen LogP contribution in [0.25, 0.3) is 11.0 Å². The Morgan fingerprint density at radius 2 is 1.94 bits per heavy atom. The van der Waals surface area contributed by atoms with E-state index >= 15 is 0 Å². The zero-order valence-electron chi connectivity index (χ0n) is 17.6. The molecule has 5 atom stereocenters. The van der Waals surface area contributed by atoms with Gasteiger partial charge in [0.25, 0.3) is 0 Å². The second-order valence-electron chi connectivity index (χ2n) is 8.20. The molecule has 1 aliphatic carbocycles. The number of nitrogens with zero attached hydrogens (tertiary/aromatic N) is 4. The minimum Gasteiger partial charge on any atom is -0.393 e. The highest BCUT2D eigenvalue weighted by Gasteiger charge is 2.46. The van der Waals surface area contributed by atoms with Crippen LogP contribution in [-0.2, 0) is 20.6 Å². The molecule has 1 saturated heterocycles. The van der Waals surface area contributed by atoms with Crippen molar-refractivity contribution in [2.45, 2.75) is 68.7 Å². The molecule has 1 saturated carbocycles. The molecule has 2 fully saturated rings. The summed E-state index contributed by atoms with van der Waals surface area (Å²) in [5.74, 6) is -1.13. The predicted molar refractivity (Wildman–Crippen MR) is 112 cm³/mol. The summed E-state index contributed by atoms with van der Waals surface area (Å²) in [5.41, 5.74) is 0.274. The fourth-order valence-corrected chi connectivity index (χ4v) is 4.63. The van der Waals surface area contributed by atoms with Crippen LogP contribution < -0.4 is 5.32 Å². The van der Waals surface area contributed by atoms with Gasteiger partial charge in [-0.2, -0.15) is 5.10 Å². The summed E-state index contributed by atoms with van der Waals surface area (Å²) in [5, 5.41) is 47.9. The van der Waals surface area contributed by atoms with E-state index in [1.807, 2.05) is 0 Å². The SMILES string of the molecule is O=P(O)(O)C(CO)OC[C@H]1O[C@@H](n2ncc3c(NC4CCCC4)nc(CO)nc32)[C@H](O)[C@@H]1O. The summed E-state index contributed by atoms with van der Waals surface area (Å²) in [6.07, 6.45) is 0.459. The lowest BCUT2D eigenvalue weighted by Gasteiger charge is -2.20. The van der Waals surface area contributed by atoms with Crippen LogP contribution in [0.4, 0.5) is 5.82 Å². The standard InChI is InChI=1S/C18H28N5O9P/c24-6-12-21-16(20-9-3-1-2-4-9)10-5-19-23(17(10)22-12)18-15(27)14(26)11(32-18)8-31-13(7-25)33(28,29)30/h5,9,11,13-15,18,24-27H,1-4,6-8H2,(H,20,21,22)(H2,28,29,30)/t11-,13?,14-,15-,18-/m1/s1. The molecule has 7 N–H and O–H groups in total. The molecule has 0 radical (unpaired) electrons. The number of hydrogen-bond acceptors (Lipinski definition) is 11. The Kier molecular flexibility index (Phi) is 7.29. The molecule has 0 amide bonds. The van der Waals surface area contributed by atoms with Crippen molar-refractivity contribution in [2.24, 2.45) is 0 Å². The molecule has 0 spiro atoms. The molecule has 15 heteroatoms. The third-order valence-electron chi connectivity index (χ3n) is 5.90. The normalized spacial score (nSPS) is 27.5. The van der Waals surface area contributed by atoms with Crippen LogP contribution in [0.2, 0.25) is 0 Å². The Bertz CT molecular complexity index is 1010. The van der Waals surface area contributed by atoms with E-state index in [9.17, 15) is 29.7 Å². The van der Waals surface area contributed by atoms with Crippen molar-refractivity contribution in [2.75, 3.05) is 18.5 Å². The third-order valence-corrected chi connectivity index (χ3v) is 6.96. The second-order valence-corrected chi connectivity index (χ2v) is 9.96.